The minimum Gasteiger partial charge on any atom is -0.455 e. The first-order valence-corrected chi connectivity index (χ1v) is 16.5. The van der Waals surface area contributed by atoms with Gasteiger partial charge in [-0.15, -0.1) is 11.3 Å². The molecule has 0 saturated heterocycles. The number of hydrogen-bond donors (Lipinski definition) is 0. The third-order valence-corrected chi connectivity index (χ3v) is 10.6. The normalized spacial score (nSPS) is 11.9. The predicted molar refractivity (Wildman–Crippen MR) is 198 cm³/mol. The van der Waals surface area contributed by atoms with E-state index in [0.29, 0.717) is 0 Å². The zero-order chi connectivity index (χ0) is 30.2. The van der Waals surface area contributed by atoms with Crippen molar-refractivity contribution in [3.8, 4) is 33.6 Å². The van der Waals surface area contributed by atoms with Gasteiger partial charge in [-0.05, 0) is 72.8 Å². The summed E-state index contributed by atoms with van der Waals surface area (Å²) < 4.78 is 9.16. The molecule has 0 amide bonds. The van der Waals surface area contributed by atoms with E-state index in [4.69, 9.17) is 4.42 Å². The second-order valence-corrected chi connectivity index (χ2v) is 13.0. The SMILES string of the molecule is c1ccc(-c2cc3cc(-c4c5ccccc5c(-c5cccc6ccccc56)c5ccccc45)c4c5ccccc5sc4c3o2)cc1. The first-order valence-electron chi connectivity index (χ1n) is 15.7. The molecule has 1 nitrogen and oxygen atoms in total. The van der Waals surface area contributed by atoms with Gasteiger partial charge in [0.05, 0.1) is 4.70 Å². The number of thiophene rings is 1. The quantitative estimate of drug-likeness (QED) is 0.183. The maximum absolute atomic E-state index is 6.69. The fourth-order valence-electron chi connectivity index (χ4n) is 7.48. The highest BCUT2D eigenvalue weighted by molar-refractivity contribution is 7.26. The van der Waals surface area contributed by atoms with Crippen LogP contribution < -0.4 is 0 Å². The standard InChI is InChI=1S/C44H26OS/c1-2-14-28(15-3-1)38-26-29-25-37(42-36-22-10-11-24-39(36)46-44(42)43(29)45-38)41-34-20-8-6-18-32(34)40(33-19-7-9-21-35(33)41)31-23-12-16-27-13-4-5-17-30(27)31/h1-26H. The van der Waals surface area contributed by atoms with Crippen LogP contribution in [-0.4, -0.2) is 0 Å². The van der Waals surface area contributed by atoms with E-state index >= 15 is 0 Å². The molecule has 0 N–H and O–H groups in total. The second-order valence-electron chi connectivity index (χ2n) is 12.0. The molecule has 0 aliphatic carbocycles. The highest BCUT2D eigenvalue weighted by atomic mass is 32.1. The van der Waals surface area contributed by atoms with Crippen LogP contribution in [0.3, 0.4) is 0 Å². The molecule has 10 rings (SSSR count). The van der Waals surface area contributed by atoms with Crippen LogP contribution in [0.2, 0.25) is 0 Å². The minimum absolute atomic E-state index is 0.896. The number of furan rings is 1. The molecule has 0 aliphatic rings. The molecule has 2 heterocycles. The van der Waals surface area contributed by atoms with Crippen LogP contribution in [-0.2, 0) is 0 Å². The van der Waals surface area contributed by atoms with Crippen LogP contribution >= 0.6 is 11.3 Å². The molecule has 8 aromatic carbocycles. The van der Waals surface area contributed by atoms with Crippen LogP contribution in [0.5, 0.6) is 0 Å². The van der Waals surface area contributed by atoms with E-state index in [9.17, 15) is 0 Å². The van der Waals surface area contributed by atoms with Crippen LogP contribution in [0.15, 0.2) is 162 Å². The Morgan fingerprint density at radius 2 is 0.978 bits per heavy atom. The Labute approximate surface area is 269 Å². The fraction of sp³-hybridized carbons (Fsp3) is 0. The average molecular weight is 603 g/mol. The molecule has 2 heteroatoms. The summed E-state index contributed by atoms with van der Waals surface area (Å²) in [5, 5.41) is 11.2. The number of hydrogen-bond acceptors (Lipinski definition) is 2. The summed E-state index contributed by atoms with van der Waals surface area (Å²) in [6.45, 7) is 0. The maximum Gasteiger partial charge on any atom is 0.152 e. The van der Waals surface area contributed by atoms with Gasteiger partial charge >= 0.3 is 0 Å². The fourth-order valence-corrected chi connectivity index (χ4v) is 8.71. The van der Waals surface area contributed by atoms with E-state index in [1.54, 1.807) is 0 Å². The van der Waals surface area contributed by atoms with Gasteiger partial charge in [-0.3, -0.25) is 0 Å². The lowest BCUT2D eigenvalue weighted by Gasteiger charge is -2.19. The summed E-state index contributed by atoms with van der Waals surface area (Å²) in [6, 6.07) is 57.1. The van der Waals surface area contributed by atoms with Gasteiger partial charge in [-0.25, -0.2) is 0 Å². The van der Waals surface area contributed by atoms with Crippen molar-refractivity contribution in [2.24, 2.45) is 0 Å². The Kier molecular flexibility index (Phi) is 5.51. The Morgan fingerprint density at radius 3 is 1.70 bits per heavy atom. The van der Waals surface area contributed by atoms with Gasteiger partial charge in [-0.1, -0.05) is 140 Å². The highest BCUT2D eigenvalue weighted by Crippen LogP contribution is 2.51. The molecule has 2 aromatic heterocycles. The molecule has 0 atom stereocenters. The smallest absolute Gasteiger partial charge is 0.152 e. The Morgan fingerprint density at radius 1 is 0.413 bits per heavy atom. The predicted octanol–water partition coefficient (Wildman–Crippen LogP) is 13.3. The molecule has 0 aliphatic heterocycles. The lowest BCUT2D eigenvalue weighted by atomic mass is 9.83. The van der Waals surface area contributed by atoms with E-state index in [2.05, 4.69) is 152 Å². The van der Waals surface area contributed by atoms with Gasteiger partial charge in [-0.2, -0.15) is 0 Å². The first-order chi connectivity index (χ1) is 22.8. The topological polar surface area (TPSA) is 13.1 Å². The number of rotatable bonds is 3. The van der Waals surface area contributed by atoms with E-state index < -0.39 is 0 Å². The van der Waals surface area contributed by atoms with Gasteiger partial charge in [0, 0.05) is 26.4 Å². The van der Waals surface area contributed by atoms with Crippen LogP contribution in [0, 0.1) is 0 Å². The van der Waals surface area contributed by atoms with E-state index in [1.807, 2.05) is 17.4 Å². The van der Waals surface area contributed by atoms with Crippen molar-refractivity contribution in [1.29, 1.82) is 0 Å². The third-order valence-electron chi connectivity index (χ3n) is 9.45. The van der Waals surface area contributed by atoms with Gasteiger partial charge in [0.1, 0.15) is 5.76 Å². The molecule has 214 valence electrons. The summed E-state index contributed by atoms with van der Waals surface area (Å²) in [5.74, 6) is 0.896. The molecular weight excluding hydrogens is 577 g/mol. The van der Waals surface area contributed by atoms with Crippen LogP contribution in [0.1, 0.15) is 0 Å². The molecule has 0 unspecified atom stereocenters. The zero-order valence-electron chi connectivity index (χ0n) is 24.8. The van der Waals surface area contributed by atoms with E-state index in [0.717, 1.165) is 22.3 Å². The van der Waals surface area contributed by atoms with Crippen molar-refractivity contribution in [3.63, 3.8) is 0 Å². The van der Waals surface area contributed by atoms with Crippen molar-refractivity contribution in [3.05, 3.63) is 158 Å². The van der Waals surface area contributed by atoms with Gasteiger partial charge in [0.15, 0.2) is 5.58 Å². The van der Waals surface area contributed by atoms with Gasteiger partial charge in [0.25, 0.3) is 0 Å². The Bertz CT molecular complexity index is 2740. The second kappa shape index (κ2) is 9.90. The van der Waals surface area contributed by atoms with Gasteiger partial charge < -0.3 is 4.42 Å². The van der Waals surface area contributed by atoms with Crippen molar-refractivity contribution >= 4 is 74.8 Å². The van der Waals surface area contributed by atoms with Crippen molar-refractivity contribution in [2.75, 3.05) is 0 Å². The lowest BCUT2D eigenvalue weighted by Crippen LogP contribution is -1.92. The zero-order valence-corrected chi connectivity index (χ0v) is 25.6. The molecular formula is C44H26OS. The van der Waals surface area contributed by atoms with Crippen LogP contribution in [0.4, 0.5) is 0 Å². The summed E-state index contributed by atoms with van der Waals surface area (Å²) in [7, 11) is 0. The summed E-state index contributed by atoms with van der Waals surface area (Å²) in [4.78, 5) is 0. The maximum atomic E-state index is 6.69. The van der Waals surface area contributed by atoms with Crippen molar-refractivity contribution in [2.45, 2.75) is 0 Å². The molecule has 0 spiro atoms. The lowest BCUT2D eigenvalue weighted by molar-refractivity contribution is 0.635. The molecule has 0 bridgehead atoms. The highest BCUT2D eigenvalue weighted by Gasteiger charge is 2.23. The van der Waals surface area contributed by atoms with Crippen LogP contribution in [0.25, 0.3) is 97.0 Å². The molecule has 10 aromatic rings. The van der Waals surface area contributed by atoms with Crippen molar-refractivity contribution in [1.82, 2.24) is 0 Å². The average Bonchev–Trinajstić information content (AvgIpc) is 3.73. The minimum atomic E-state index is 0.896. The monoisotopic (exact) mass is 602 g/mol. The van der Waals surface area contributed by atoms with Gasteiger partial charge in [0.2, 0.25) is 0 Å². The number of benzene rings is 8. The first kappa shape index (κ1) is 25.6. The molecule has 0 fully saturated rings. The summed E-state index contributed by atoms with van der Waals surface area (Å²) >= 11 is 1.83. The van der Waals surface area contributed by atoms with E-state index in [-0.39, 0.29) is 0 Å². The molecule has 0 radical (unpaired) electrons. The molecule has 46 heavy (non-hydrogen) atoms. The number of fused-ring (bicyclic) bond motifs is 8. The van der Waals surface area contributed by atoms with Crippen molar-refractivity contribution < 1.29 is 4.42 Å². The Hall–Kier alpha value is -5.70. The summed E-state index contributed by atoms with van der Waals surface area (Å²) in [6.07, 6.45) is 0. The third kappa shape index (κ3) is 3.68. The Balaban J connectivity index is 1.38. The summed E-state index contributed by atoms with van der Waals surface area (Å²) in [5.41, 5.74) is 7.12. The van der Waals surface area contributed by atoms with E-state index in [1.165, 1.54) is 74.7 Å². The molecule has 0 saturated carbocycles. The largest absolute Gasteiger partial charge is 0.455 e.